The van der Waals surface area contributed by atoms with Gasteiger partial charge < -0.3 is 10.1 Å². The maximum atomic E-state index is 12.0. The van der Waals surface area contributed by atoms with Crippen LogP contribution in [0.5, 0.6) is 0 Å². The van der Waals surface area contributed by atoms with Gasteiger partial charge >= 0.3 is 12.0 Å². The molecule has 1 aromatic heterocycles. The number of rotatable bonds is 3. The van der Waals surface area contributed by atoms with Gasteiger partial charge in [-0.1, -0.05) is 18.2 Å². The maximum absolute atomic E-state index is 12.0. The fourth-order valence-electron chi connectivity index (χ4n) is 1.66. The van der Waals surface area contributed by atoms with Crippen molar-refractivity contribution >= 4 is 28.8 Å². The molecule has 0 saturated heterocycles. The fourth-order valence-corrected chi connectivity index (χ4v) is 1.66. The average molecular weight is 290 g/mol. The Bertz CT molecular complexity index is 694. The van der Waals surface area contributed by atoms with Crippen molar-refractivity contribution < 1.29 is 19.1 Å². The van der Waals surface area contributed by atoms with E-state index in [2.05, 4.69) is 15.5 Å². The Labute approximate surface area is 119 Å². The number of aromatic amines is 1. The molecule has 0 radical (unpaired) electrons. The Morgan fingerprint density at radius 1 is 1.29 bits per heavy atom. The highest BCUT2D eigenvalue weighted by molar-refractivity contribution is 6.03. The van der Waals surface area contributed by atoms with Gasteiger partial charge in [-0.3, -0.25) is 15.2 Å². The van der Waals surface area contributed by atoms with Crippen LogP contribution >= 0.6 is 0 Å². The number of aromatic nitrogens is 2. The van der Waals surface area contributed by atoms with Gasteiger partial charge in [-0.15, -0.1) is 0 Å². The lowest BCUT2D eigenvalue weighted by Crippen LogP contribution is -2.43. The van der Waals surface area contributed by atoms with E-state index in [-0.39, 0.29) is 5.69 Å². The summed E-state index contributed by atoms with van der Waals surface area (Å²) in [5.41, 5.74) is 0.775. The third-order valence-corrected chi connectivity index (χ3v) is 2.78. The number of carbonyl (C=O) groups is 3. The Morgan fingerprint density at radius 3 is 2.71 bits per heavy atom. The molecule has 3 amide bonds. The molecule has 2 rings (SSSR count). The van der Waals surface area contributed by atoms with E-state index >= 15 is 0 Å². The van der Waals surface area contributed by atoms with Crippen LogP contribution in [-0.4, -0.2) is 41.3 Å². The van der Waals surface area contributed by atoms with Gasteiger partial charge in [0.15, 0.2) is 11.8 Å². The van der Waals surface area contributed by atoms with E-state index in [1.165, 1.54) is 14.0 Å². The number of nitrogens with zero attached hydrogens (tertiary/aromatic N) is 1. The van der Waals surface area contributed by atoms with Gasteiger partial charge in [-0.25, -0.2) is 9.59 Å². The summed E-state index contributed by atoms with van der Waals surface area (Å²) in [5.74, 6) is -1.46. The predicted octanol–water partition coefficient (Wildman–Crippen LogP) is 0.564. The number of H-pyrrole nitrogens is 1. The lowest BCUT2D eigenvalue weighted by molar-refractivity contribution is -0.127. The SMILES string of the molecule is CNC(=O)NC(=O)[C@H](C)OC(=O)c1n[nH]c2ccccc12. The molecule has 0 aliphatic carbocycles. The van der Waals surface area contributed by atoms with Crippen molar-refractivity contribution in [3.63, 3.8) is 0 Å². The topological polar surface area (TPSA) is 113 Å². The van der Waals surface area contributed by atoms with E-state index in [1.807, 2.05) is 5.32 Å². The van der Waals surface area contributed by atoms with Gasteiger partial charge in [0.2, 0.25) is 0 Å². The van der Waals surface area contributed by atoms with Crippen LogP contribution in [0.1, 0.15) is 17.4 Å². The maximum Gasteiger partial charge on any atom is 0.360 e. The number of hydrogen-bond acceptors (Lipinski definition) is 5. The molecule has 3 N–H and O–H groups in total. The number of fused-ring (bicyclic) bond motifs is 1. The minimum absolute atomic E-state index is 0.0881. The molecule has 21 heavy (non-hydrogen) atoms. The molecule has 0 saturated carbocycles. The first kappa shape index (κ1) is 14.5. The second-order valence-electron chi connectivity index (χ2n) is 4.23. The molecule has 0 aliphatic heterocycles. The van der Waals surface area contributed by atoms with Crippen LogP contribution in [0.2, 0.25) is 0 Å². The van der Waals surface area contributed by atoms with Crippen molar-refractivity contribution in [3.05, 3.63) is 30.0 Å². The number of ether oxygens (including phenoxy) is 1. The number of imide groups is 1. The van der Waals surface area contributed by atoms with Crippen molar-refractivity contribution in [2.75, 3.05) is 7.05 Å². The van der Waals surface area contributed by atoms with Crippen LogP contribution in [0.15, 0.2) is 24.3 Å². The number of amides is 3. The summed E-state index contributed by atoms with van der Waals surface area (Å²) < 4.78 is 5.00. The highest BCUT2D eigenvalue weighted by atomic mass is 16.5. The Kier molecular flexibility index (Phi) is 4.17. The Balaban J connectivity index is 2.07. The van der Waals surface area contributed by atoms with E-state index in [0.29, 0.717) is 10.9 Å². The summed E-state index contributed by atoms with van der Waals surface area (Å²) in [5, 5.41) is 11.4. The lowest BCUT2D eigenvalue weighted by Gasteiger charge is -2.11. The van der Waals surface area contributed by atoms with E-state index in [0.717, 1.165) is 0 Å². The first-order chi connectivity index (χ1) is 10.0. The molecule has 8 nitrogen and oxygen atoms in total. The van der Waals surface area contributed by atoms with Crippen molar-refractivity contribution in [2.45, 2.75) is 13.0 Å². The molecule has 0 fully saturated rings. The number of carbonyl (C=O) groups excluding carboxylic acids is 3. The summed E-state index contributed by atoms with van der Waals surface area (Å²) in [6, 6.07) is 6.37. The van der Waals surface area contributed by atoms with Gasteiger partial charge in [-0.2, -0.15) is 5.10 Å². The van der Waals surface area contributed by atoms with Crippen molar-refractivity contribution in [2.24, 2.45) is 0 Å². The van der Waals surface area contributed by atoms with Gasteiger partial charge in [0.05, 0.1) is 5.52 Å². The molecular formula is C13H14N4O4. The quantitative estimate of drug-likeness (QED) is 0.715. The standard InChI is InChI=1S/C13H14N4O4/c1-7(11(18)15-13(20)14-2)21-12(19)10-8-5-3-4-6-9(8)16-17-10/h3-7H,1-2H3,(H,16,17)(H2,14,15,18,20)/t7-/m0/s1. The molecule has 1 heterocycles. The summed E-state index contributed by atoms with van der Waals surface area (Å²) in [4.78, 5) is 34.6. The van der Waals surface area contributed by atoms with E-state index in [4.69, 9.17) is 4.74 Å². The van der Waals surface area contributed by atoms with Crippen LogP contribution in [0, 0.1) is 0 Å². The van der Waals surface area contributed by atoms with Gasteiger partial charge in [0, 0.05) is 12.4 Å². The third kappa shape index (κ3) is 3.16. The fraction of sp³-hybridized carbons (Fsp3) is 0.231. The summed E-state index contributed by atoms with van der Waals surface area (Å²) >= 11 is 0. The predicted molar refractivity (Wildman–Crippen MR) is 73.6 cm³/mol. The zero-order chi connectivity index (χ0) is 15.4. The van der Waals surface area contributed by atoms with Crippen LogP contribution < -0.4 is 10.6 Å². The second-order valence-corrected chi connectivity index (χ2v) is 4.23. The zero-order valence-corrected chi connectivity index (χ0v) is 11.5. The molecule has 1 atom stereocenters. The first-order valence-electron chi connectivity index (χ1n) is 6.19. The number of hydrogen-bond donors (Lipinski definition) is 3. The molecule has 0 unspecified atom stereocenters. The van der Waals surface area contributed by atoms with Crippen LogP contribution in [-0.2, 0) is 9.53 Å². The van der Waals surface area contributed by atoms with E-state index in [9.17, 15) is 14.4 Å². The highest BCUT2D eigenvalue weighted by Gasteiger charge is 2.23. The van der Waals surface area contributed by atoms with Crippen molar-refractivity contribution in [1.82, 2.24) is 20.8 Å². The molecule has 0 aliphatic rings. The van der Waals surface area contributed by atoms with Crippen LogP contribution in [0.25, 0.3) is 10.9 Å². The lowest BCUT2D eigenvalue weighted by atomic mass is 10.2. The Hall–Kier alpha value is -2.90. The zero-order valence-electron chi connectivity index (χ0n) is 11.5. The molecular weight excluding hydrogens is 276 g/mol. The minimum Gasteiger partial charge on any atom is -0.448 e. The normalized spacial score (nSPS) is 11.7. The highest BCUT2D eigenvalue weighted by Crippen LogP contribution is 2.16. The molecule has 110 valence electrons. The molecule has 8 heteroatoms. The second kappa shape index (κ2) is 6.04. The number of para-hydroxylation sites is 1. The van der Waals surface area contributed by atoms with Gasteiger partial charge in [0.1, 0.15) is 0 Å². The number of esters is 1. The van der Waals surface area contributed by atoms with Crippen LogP contribution in [0.4, 0.5) is 4.79 Å². The van der Waals surface area contributed by atoms with Crippen molar-refractivity contribution in [1.29, 1.82) is 0 Å². The summed E-state index contributed by atoms with van der Waals surface area (Å²) in [7, 11) is 1.37. The molecule has 0 spiro atoms. The van der Waals surface area contributed by atoms with E-state index < -0.39 is 24.0 Å². The van der Waals surface area contributed by atoms with Gasteiger partial charge in [0.25, 0.3) is 5.91 Å². The minimum atomic E-state index is -1.12. The largest absolute Gasteiger partial charge is 0.448 e. The molecule has 2 aromatic rings. The monoisotopic (exact) mass is 290 g/mol. The summed E-state index contributed by atoms with van der Waals surface area (Å²) in [6.45, 7) is 1.37. The van der Waals surface area contributed by atoms with Crippen LogP contribution in [0.3, 0.4) is 0 Å². The average Bonchev–Trinajstić information content (AvgIpc) is 2.90. The first-order valence-corrected chi connectivity index (χ1v) is 6.19. The molecule has 1 aromatic carbocycles. The van der Waals surface area contributed by atoms with Gasteiger partial charge in [-0.05, 0) is 13.0 Å². The van der Waals surface area contributed by atoms with Crippen molar-refractivity contribution in [3.8, 4) is 0 Å². The number of urea groups is 1. The summed E-state index contributed by atoms with van der Waals surface area (Å²) in [6.07, 6.45) is -1.12. The molecule has 0 bridgehead atoms. The Morgan fingerprint density at radius 2 is 2.00 bits per heavy atom. The number of benzene rings is 1. The van der Waals surface area contributed by atoms with E-state index in [1.54, 1.807) is 24.3 Å². The number of nitrogens with one attached hydrogen (secondary N) is 3. The third-order valence-electron chi connectivity index (χ3n) is 2.78. The smallest absolute Gasteiger partial charge is 0.360 e.